The van der Waals surface area contributed by atoms with Gasteiger partial charge in [0.2, 0.25) is 0 Å². The minimum atomic E-state index is -0.912. The third kappa shape index (κ3) is 6.59. The molecule has 0 aromatic carbocycles. The Morgan fingerprint density at radius 3 is 1.37 bits per heavy atom. The predicted octanol–water partition coefficient (Wildman–Crippen LogP) is -3.34. The van der Waals surface area contributed by atoms with Crippen LogP contribution >= 0.6 is 0 Å². The molecule has 19 heavy (non-hydrogen) atoms. The second kappa shape index (κ2) is 10.5. The van der Waals surface area contributed by atoms with Crippen molar-refractivity contribution in [2.24, 2.45) is 11.1 Å². The van der Waals surface area contributed by atoms with Crippen molar-refractivity contribution in [3.05, 3.63) is 0 Å². The lowest BCUT2D eigenvalue weighted by Gasteiger charge is -2.32. The third-order valence-corrected chi connectivity index (χ3v) is 2.83. The van der Waals surface area contributed by atoms with Crippen LogP contribution in [0.25, 0.3) is 0 Å². The summed E-state index contributed by atoms with van der Waals surface area (Å²) >= 11 is 0. The number of rotatable bonds is 12. The fourth-order valence-corrected chi connectivity index (χ4v) is 1.23. The van der Waals surface area contributed by atoms with Gasteiger partial charge in [0, 0.05) is 6.54 Å². The molecule has 116 valence electrons. The Labute approximate surface area is 112 Å². The molecular formula is C11H25NO7. The summed E-state index contributed by atoms with van der Waals surface area (Å²) in [7, 11) is 0. The van der Waals surface area contributed by atoms with Crippen molar-refractivity contribution in [2.75, 3.05) is 52.8 Å². The second-order valence-electron chi connectivity index (χ2n) is 4.46. The van der Waals surface area contributed by atoms with Crippen LogP contribution in [0.15, 0.2) is 0 Å². The minimum absolute atomic E-state index is 0.0185. The van der Waals surface area contributed by atoms with Gasteiger partial charge >= 0.3 is 0 Å². The molecule has 0 saturated carbocycles. The van der Waals surface area contributed by atoms with Crippen LogP contribution in [0.3, 0.4) is 0 Å². The molecule has 0 fully saturated rings. The summed E-state index contributed by atoms with van der Waals surface area (Å²) in [6, 6.07) is 0. The molecule has 0 heterocycles. The molecule has 8 heteroatoms. The molecule has 0 rings (SSSR count). The monoisotopic (exact) mass is 283 g/mol. The van der Waals surface area contributed by atoms with E-state index in [4.69, 9.17) is 35.6 Å². The highest BCUT2D eigenvalue weighted by atomic mass is 16.5. The largest absolute Gasteiger partial charge is 0.396 e. The van der Waals surface area contributed by atoms with E-state index in [1.54, 1.807) is 0 Å². The zero-order valence-corrected chi connectivity index (χ0v) is 10.9. The third-order valence-electron chi connectivity index (χ3n) is 2.83. The van der Waals surface area contributed by atoms with Crippen molar-refractivity contribution >= 4 is 0 Å². The second-order valence-corrected chi connectivity index (χ2v) is 4.46. The Balaban J connectivity index is 4.39. The normalized spacial score (nSPS) is 12.6. The van der Waals surface area contributed by atoms with E-state index in [0.717, 1.165) is 0 Å². The number of ether oxygens (including phenoxy) is 2. The van der Waals surface area contributed by atoms with Gasteiger partial charge in [0.1, 0.15) is 12.2 Å². The smallest absolute Gasteiger partial charge is 0.104 e. The number of hydrogen-bond acceptors (Lipinski definition) is 8. The summed E-state index contributed by atoms with van der Waals surface area (Å²) in [5.74, 6) is 0. The summed E-state index contributed by atoms with van der Waals surface area (Å²) < 4.78 is 10.5. The number of aliphatic hydroxyl groups is 5. The Morgan fingerprint density at radius 1 is 0.789 bits per heavy atom. The molecule has 7 N–H and O–H groups in total. The molecule has 0 amide bonds. The first-order valence-corrected chi connectivity index (χ1v) is 6.09. The molecule has 0 aliphatic heterocycles. The molecular weight excluding hydrogens is 258 g/mol. The average Bonchev–Trinajstić information content (AvgIpc) is 2.47. The van der Waals surface area contributed by atoms with Gasteiger partial charge in [-0.2, -0.15) is 0 Å². The van der Waals surface area contributed by atoms with E-state index in [2.05, 4.69) is 0 Å². The molecule has 0 unspecified atom stereocenters. The van der Waals surface area contributed by atoms with Crippen molar-refractivity contribution < 1.29 is 35.0 Å². The molecule has 0 spiro atoms. The molecule has 0 aromatic rings. The van der Waals surface area contributed by atoms with E-state index in [1.165, 1.54) is 0 Å². The topological polar surface area (TPSA) is 146 Å². The first-order chi connectivity index (χ1) is 9.11. The lowest BCUT2D eigenvalue weighted by molar-refractivity contribution is -0.113. The van der Waals surface area contributed by atoms with Crippen LogP contribution in [0.4, 0.5) is 0 Å². The van der Waals surface area contributed by atoms with Gasteiger partial charge in [0.25, 0.3) is 0 Å². The van der Waals surface area contributed by atoms with Crippen LogP contribution in [0, 0.1) is 5.41 Å². The van der Waals surface area contributed by atoms with E-state index in [1.807, 2.05) is 0 Å². The highest BCUT2D eigenvalue weighted by molar-refractivity contribution is 4.80. The van der Waals surface area contributed by atoms with Crippen LogP contribution in [-0.4, -0.2) is 90.5 Å². The summed E-state index contributed by atoms with van der Waals surface area (Å²) in [5, 5.41) is 44.9. The highest BCUT2D eigenvalue weighted by Gasteiger charge is 2.31. The number of nitrogens with two attached hydrogens (primary N) is 1. The zero-order valence-electron chi connectivity index (χ0n) is 10.9. The molecule has 0 atom stereocenters. The van der Waals surface area contributed by atoms with E-state index < -0.39 is 17.6 Å². The Morgan fingerprint density at radius 2 is 1.16 bits per heavy atom. The van der Waals surface area contributed by atoms with Crippen LogP contribution < -0.4 is 5.73 Å². The Kier molecular flexibility index (Phi) is 10.3. The van der Waals surface area contributed by atoms with Crippen LogP contribution in [0.5, 0.6) is 0 Å². The molecule has 0 bridgehead atoms. The highest BCUT2D eigenvalue weighted by Crippen LogP contribution is 2.18. The summed E-state index contributed by atoms with van der Waals surface area (Å²) in [5.41, 5.74) is 4.68. The maximum Gasteiger partial charge on any atom is 0.104 e. The van der Waals surface area contributed by atoms with Crippen molar-refractivity contribution in [3.8, 4) is 0 Å². The van der Waals surface area contributed by atoms with Crippen molar-refractivity contribution in [1.82, 2.24) is 0 Å². The molecule has 0 aromatic heterocycles. The van der Waals surface area contributed by atoms with Gasteiger partial charge in [-0.1, -0.05) is 0 Å². The van der Waals surface area contributed by atoms with Gasteiger partial charge in [0.05, 0.1) is 51.7 Å². The molecule has 0 aliphatic rings. The first-order valence-electron chi connectivity index (χ1n) is 6.09. The minimum Gasteiger partial charge on any atom is -0.396 e. The standard InChI is InChI=1S/C11H25NO7/c12-5-11(6-17,7-18-9(1-13)2-14)8-19-10(3-15)4-16/h9-10,13-17H,1-8,12H2. The molecule has 8 nitrogen and oxygen atoms in total. The predicted molar refractivity (Wildman–Crippen MR) is 66.4 cm³/mol. The van der Waals surface area contributed by atoms with Crippen LogP contribution in [-0.2, 0) is 9.47 Å². The van der Waals surface area contributed by atoms with E-state index in [0.29, 0.717) is 0 Å². The van der Waals surface area contributed by atoms with Crippen molar-refractivity contribution in [2.45, 2.75) is 12.2 Å². The average molecular weight is 283 g/mol. The fourth-order valence-electron chi connectivity index (χ4n) is 1.23. The van der Waals surface area contributed by atoms with E-state index >= 15 is 0 Å². The first kappa shape index (κ1) is 18.7. The number of hydrogen-bond donors (Lipinski definition) is 6. The summed E-state index contributed by atoms with van der Waals surface area (Å²) in [6.07, 6.45) is -1.49. The molecule has 0 aliphatic carbocycles. The summed E-state index contributed by atoms with van der Waals surface area (Å²) in [4.78, 5) is 0. The summed E-state index contributed by atoms with van der Waals surface area (Å²) in [6.45, 7) is -1.70. The van der Waals surface area contributed by atoms with Gasteiger partial charge < -0.3 is 40.7 Å². The fraction of sp³-hybridized carbons (Fsp3) is 1.00. The Bertz CT molecular complexity index is 187. The van der Waals surface area contributed by atoms with Crippen molar-refractivity contribution in [1.29, 1.82) is 0 Å². The van der Waals surface area contributed by atoms with Crippen LogP contribution in [0.1, 0.15) is 0 Å². The SMILES string of the molecule is NCC(CO)(COC(CO)CO)COC(CO)CO. The molecule has 0 saturated heterocycles. The zero-order chi connectivity index (χ0) is 14.7. The molecule has 0 radical (unpaired) electrons. The van der Waals surface area contributed by atoms with E-state index in [9.17, 15) is 5.11 Å². The Hall–Kier alpha value is -0.320. The van der Waals surface area contributed by atoms with E-state index in [-0.39, 0.29) is 52.8 Å². The van der Waals surface area contributed by atoms with Crippen LogP contribution in [0.2, 0.25) is 0 Å². The van der Waals surface area contributed by atoms with Gasteiger partial charge in [-0.25, -0.2) is 0 Å². The van der Waals surface area contributed by atoms with Crippen molar-refractivity contribution in [3.63, 3.8) is 0 Å². The van der Waals surface area contributed by atoms with Gasteiger partial charge in [-0.05, 0) is 0 Å². The lowest BCUT2D eigenvalue weighted by atomic mass is 9.91. The number of aliphatic hydroxyl groups excluding tert-OH is 5. The maximum atomic E-state index is 9.40. The van der Waals surface area contributed by atoms with Gasteiger partial charge in [-0.3, -0.25) is 0 Å². The van der Waals surface area contributed by atoms with Gasteiger partial charge in [-0.15, -0.1) is 0 Å². The maximum absolute atomic E-state index is 9.40. The van der Waals surface area contributed by atoms with Gasteiger partial charge in [0.15, 0.2) is 0 Å². The lowest BCUT2D eigenvalue weighted by Crippen LogP contribution is -2.46. The quantitative estimate of drug-likeness (QED) is 0.218.